The van der Waals surface area contributed by atoms with Gasteiger partial charge in [-0.25, -0.2) is 4.98 Å². The summed E-state index contributed by atoms with van der Waals surface area (Å²) in [4.78, 5) is 33.1. The number of hydrogen-bond acceptors (Lipinski definition) is 6. The Hall–Kier alpha value is -2.29. The van der Waals surface area contributed by atoms with E-state index in [1.54, 1.807) is 11.3 Å². The maximum Gasteiger partial charge on any atom is 0.238 e. The molecule has 2 N–H and O–H groups in total. The van der Waals surface area contributed by atoms with Crippen LogP contribution in [0.2, 0.25) is 0 Å². The first-order chi connectivity index (χ1) is 13.9. The van der Waals surface area contributed by atoms with Crippen LogP contribution in [-0.2, 0) is 9.59 Å². The first-order valence-electron chi connectivity index (χ1n) is 9.95. The van der Waals surface area contributed by atoms with E-state index in [-0.39, 0.29) is 17.9 Å². The monoisotopic (exact) mass is 415 g/mol. The molecule has 1 aromatic heterocycles. The molecule has 0 saturated carbocycles. The zero-order valence-electron chi connectivity index (χ0n) is 17.3. The number of anilines is 1. The summed E-state index contributed by atoms with van der Waals surface area (Å²) in [6, 6.07) is 7.94. The number of benzene rings is 1. The lowest BCUT2D eigenvalue weighted by Crippen LogP contribution is -2.51. The van der Waals surface area contributed by atoms with Gasteiger partial charge in [-0.1, -0.05) is 12.1 Å². The molecule has 0 atom stereocenters. The van der Waals surface area contributed by atoms with E-state index in [0.717, 1.165) is 48.1 Å². The normalized spacial score (nSPS) is 15.4. The highest BCUT2D eigenvalue weighted by Gasteiger charge is 2.20. The number of amides is 2. The van der Waals surface area contributed by atoms with Crippen LogP contribution in [0.15, 0.2) is 29.6 Å². The second-order valence-electron chi connectivity index (χ2n) is 7.66. The topological polar surface area (TPSA) is 77.6 Å². The molecular formula is C21H29N5O2S. The lowest BCUT2D eigenvalue weighted by atomic mass is 10.1. The molecule has 3 rings (SSSR count). The van der Waals surface area contributed by atoms with Crippen LogP contribution in [0.25, 0.3) is 11.3 Å². The number of rotatable bonds is 7. The third-order valence-electron chi connectivity index (χ3n) is 4.71. The number of carbonyl (C=O) groups is 2. The Kier molecular flexibility index (Phi) is 7.35. The van der Waals surface area contributed by atoms with Gasteiger partial charge in [-0.2, -0.15) is 0 Å². The fourth-order valence-electron chi connectivity index (χ4n) is 3.33. The molecule has 7 nitrogen and oxygen atoms in total. The van der Waals surface area contributed by atoms with Crippen molar-refractivity contribution in [3.05, 3.63) is 34.7 Å². The van der Waals surface area contributed by atoms with Crippen LogP contribution in [0.5, 0.6) is 0 Å². The van der Waals surface area contributed by atoms with Gasteiger partial charge in [0.25, 0.3) is 0 Å². The summed E-state index contributed by atoms with van der Waals surface area (Å²) in [5, 5.41) is 8.95. The van der Waals surface area contributed by atoms with E-state index < -0.39 is 0 Å². The van der Waals surface area contributed by atoms with Crippen molar-refractivity contribution >= 4 is 28.8 Å². The summed E-state index contributed by atoms with van der Waals surface area (Å²) >= 11 is 1.61. The SMILES string of the molecule is Cc1nc(-c2cccc(NC(=O)CN3CCN(CC(=O)NC(C)C)CC3)c2)cs1. The fraction of sp³-hybridized carbons (Fsp3) is 0.476. The minimum absolute atomic E-state index is 0.0254. The lowest BCUT2D eigenvalue weighted by molar-refractivity contribution is -0.124. The van der Waals surface area contributed by atoms with Crippen molar-refractivity contribution in [3.8, 4) is 11.3 Å². The molecule has 1 aromatic carbocycles. The second-order valence-corrected chi connectivity index (χ2v) is 8.72. The van der Waals surface area contributed by atoms with E-state index >= 15 is 0 Å². The van der Waals surface area contributed by atoms with Gasteiger partial charge < -0.3 is 10.6 Å². The van der Waals surface area contributed by atoms with Crippen molar-refractivity contribution in [3.63, 3.8) is 0 Å². The third-order valence-corrected chi connectivity index (χ3v) is 5.48. The van der Waals surface area contributed by atoms with Crippen LogP contribution in [0.3, 0.4) is 0 Å². The van der Waals surface area contributed by atoms with Gasteiger partial charge in [-0.15, -0.1) is 11.3 Å². The van der Waals surface area contributed by atoms with E-state index in [4.69, 9.17) is 0 Å². The zero-order chi connectivity index (χ0) is 20.8. The maximum atomic E-state index is 12.5. The van der Waals surface area contributed by atoms with Crippen molar-refractivity contribution in [1.82, 2.24) is 20.1 Å². The highest BCUT2D eigenvalue weighted by molar-refractivity contribution is 7.09. The summed E-state index contributed by atoms with van der Waals surface area (Å²) in [5.74, 6) is 0.0315. The maximum absolute atomic E-state index is 12.5. The number of piperazine rings is 1. The summed E-state index contributed by atoms with van der Waals surface area (Å²) in [6.45, 7) is 9.81. The number of aromatic nitrogens is 1. The molecule has 0 unspecified atom stereocenters. The van der Waals surface area contributed by atoms with Gasteiger partial charge in [0.15, 0.2) is 0 Å². The molecule has 0 bridgehead atoms. The molecule has 2 amide bonds. The first-order valence-corrected chi connectivity index (χ1v) is 10.8. The number of nitrogens with zero attached hydrogens (tertiary/aromatic N) is 3. The van der Waals surface area contributed by atoms with E-state index in [0.29, 0.717) is 13.1 Å². The van der Waals surface area contributed by atoms with Crippen molar-refractivity contribution in [2.75, 3.05) is 44.6 Å². The van der Waals surface area contributed by atoms with Crippen LogP contribution < -0.4 is 10.6 Å². The summed E-state index contributed by atoms with van der Waals surface area (Å²) in [5.41, 5.74) is 2.71. The molecule has 156 valence electrons. The molecule has 2 heterocycles. The number of aryl methyl sites for hydroxylation is 1. The van der Waals surface area contributed by atoms with Crippen LogP contribution >= 0.6 is 11.3 Å². The van der Waals surface area contributed by atoms with E-state index in [9.17, 15) is 9.59 Å². The molecule has 0 radical (unpaired) electrons. The van der Waals surface area contributed by atoms with Crippen LogP contribution in [-0.4, -0.2) is 71.9 Å². The van der Waals surface area contributed by atoms with Gasteiger partial charge in [0.2, 0.25) is 11.8 Å². The highest BCUT2D eigenvalue weighted by atomic mass is 32.1. The Morgan fingerprint density at radius 1 is 1.10 bits per heavy atom. The van der Waals surface area contributed by atoms with Crippen LogP contribution in [0, 0.1) is 6.92 Å². The predicted octanol–water partition coefficient (Wildman–Crippen LogP) is 2.20. The van der Waals surface area contributed by atoms with E-state index in [1.165, 1.54) is 0 Å². The molecule has 2 aromatic rings. The predicted molar refractivity (Wildman–Crippen MR) is 117 cm³/mol. The van der Waals surface area contributed by atoms with Crippen molar-refractivity contribution in [2.45, 2.75) is 26.8 Å². The third kappa shape index (κ3) is 6.62. The van der Waals surface area contributed by atoms with E-state index in [1.807, 2.05) is 50.4 Å². The van der Waals surface area contributed by atoms with Crippen LogP contribution in [0.1, 0.15) is 18.9 Å². The van der Waals surface area contributed by atoms with Gasteiger partial charge in [-0.05, 0) is 32.9 Å². The summed E-state index contributed by atoms with van der Waals surface area (Å²) < 4.78 is 0. The first kappa shape index (κ1) is 21.4. The fourth-order valence-corrected chi connectivity index (χ4v) is 3.95. The Morgan fingerprint density at radius 3 is 2.34 bits per heavy atom. The molecule has 1 saturated heterocycles. The molecule has 0 aliphatic carbocycles. The van der Waals surface area contributed by atoms with E-state index in [2.05, 4.69) is 25.4 Å². The Morgan fingerprint density at radius 2 is 1.76 bits per heavy atom. The van der Waals surface area contributed by atoms with Crippen LogP contribution in [0.4, 0.5) is 5.69 Å². The number of nitrogens with one attached hydrogen (secondary N) is 2. The van der Waals surface area contributed by atoms with Gasteiger partial charge in [-0.3, -0.25) is 19.4 Å². The standard InChI is InChI=1S/C21H29N5O2S/c1-15(2)22-20(27)12-25-7-9-26(10-8-25)13-21(28)24-18-6-4-5-17(11-18)19-14-29-16(3)23-19/h4-6,11,14-15H,7-10,12-13H2,1-3H3,(H,22,27)(H,24,28). The lowest BCUT2D eigenvalue weighted by Gasteiger charge is -2.33. The largest absolute Gasteiger partial charge is 0.353 e. The summed E-state index contributed by atoms with van der Waals surface area (Å²) in [6.07, 6.45) is 0. The minimum atomic E-state index is -0.0254. The second kappa shape index (κ2) is 9.96. The minimum Gasteiger partial charge on any atom is -0.353 e. The van der Waals surface area contributed by atoms with Gasteiger partial charge in [0.1, 0.15) is 0 Å². The van der Waals surface area contributed by atoms with Gasteiger partial charge in [0, 0.05) is 48.9 Å². The smallest absolute Gasteiger partial charge is 0.238 e. The molecule has 0 spiro atoms. The summed E-state index contributed by atoms with van der Waals surface area (Å²) in [7, 11) is 0. The average molecular weight is 416 g/mol. The number of carbonyl (C=O) groups excluding carboxylic acids is 2. The van der Waals surface area contributed by atoms with Crippen molar-refractivity contribution < 1.29 is 9.59 Å². The Balaban J connectivity index is 1.45. The van der Waals surface area contributed by atoms with Gasteiger partial charge in [0.05, 0.1) is 23.8 Å². The Bertz CT molecular complexity index is 843. The number of hydrogen-bond donors (Lipinski definition) is 2. The molecular weight excluding hydrogens is 386 g/mol. The molecule has 29 heavy (non-hydrogen) atoms. The Labute approximate surface area is 176 Å². The average Bonchev–Trinajstić information content (AvgIpc) is 3.09. The van der Waals surface area contributed by atoms with Crippen molar-refractivity contribution in [1.29, 1.82) is 0 Å². The van der Waals surface area contributed by atoms with Crippen molar-refractivity contribution in [2.24, 2.45) is 0 Å². The quantitative estimate of drug-likeness (QED) is 0.725. The number of thiazole rings is 1. The highest BCUT2D eigenvalue weighted by Crippen LogP contribution is 2.24. The molecule has 8 heteroatoms. The zero-order valence-corrected chi connectivity index (χ0v) is 18.1. The molecule has 1 aliphatic heterocycles. The molecule has 1 fully saturated rings. The molecule has 1 aliphatic rings. The van der Waals surface area contributed by atoms with Gasteiger partial charge >= 0.3 is 0 Å².